The lowest BCUT2D eigenvalue weighted by Crippen LogP contribution is -2.39. The molecule has 22 heavy (non-hydrogen) atoms. The van der Waals surface area contributed by atoms with Crippen LogP contribution in [-0.2, 0) is 14.3 Å². The standard InChI is InChI=1S/C15H21BrN2O4/c1-9(13(19)21-5)12(10-6-11(16)8-17-7-10)18-14(20)22-15(2,3)4/h6-9,12H,1-5H3,(H,18,20)/t9-,12?/m0/s1. The molecule has 1 aromatic rings. The molecule has 1 amide bonds. The minimum absolute atomic E-state index is 0.430. The van der Waals surface area contributed by atoms with E-state index in [1.165, 1.54) is 7.11 Å². The summed E-state index contributed by atoms with van der Waals surface area (Å²) in [6.07, 6.45) is 2.61. The van der Waals surface area contributed by atoms with E-state index in [1.807, 2.05) is 0 Å². The third-order valence-corrected chi connectivity index (χ3v) is 3.26. The summed E-state index contributed by atoms with van der Waals surface area (Å²) in [5, 5.41) is 2.71. The Balaban J connectivity index is 3.02. The number of hydrogen-bond acceptors (Lipinski definition) is 5. The normalized spacial score (nSPS) is 13.9. The summed E-state index contributed by atoms with van der Waals surface area (Å²) in [5.41, 5.74) is 0.0525. The molecule has 0 aromatic carbocycles. The number of amides is 1. The van der Waals surface area contributed by atoms with E-state index in [1.54, 1.807) is 46.2 Å². The van der Waals surface area contributed by atoms with Crippen LogP contribution < -0.4 is 5.32 Å². The summed E-state index contributed by atoms with van der Waals surface area (Å²) in [6, 6.07) is 1.18. The van der Waals surface area contributed by atoms with Crippen molar-refractivity contribution in [2.75, 3.05) is 7.11 Å². The molecule has 2 atom stereocenters. The molecule has 6 nitrogen and oxygen atoms in total. The first-order valence-electron chi connectivity index (χ1n) is 6.82. The number of ether oxygens (including phenoxy) is 2. The van der Waals surface area contributed by atoms with Crippen molar-refractivity contribution in [2.24, 2.45) is 5.92 Å². The molecule has 1 aromatic heterocycles. The van der Waals surface area contributed by atoms with Crippen LogP contribution in [0.25, 0.3) is 0 Å². The van der Waals surface area contributed by atoms with Crippen LogP contribution in [0.4, 0.5) is 4.79 Å². The molecule has 1 rings (SSSR count). The fourth-order valence-electron chi connectivity index (χ4n) is 1.85. The summed E-state index contributed by atoms with van der Waals surface area (Å²) in [4.78, 5) is 27.9. The molecule has 0 fully saturated rings. The second-order valence-corrected chi connectivity index (χ2v) is 6.79. The molecule has 7 heteroatoms. The van der Waals surface area contributed by atoms with Crippen molar-refractivity contribution in [3.8, 4) is 0 Å². The van der Waals surface area contributed by atoms with Gasteiger partial charge in [0.05, 0.1) is 19.1 Å². The Hall–Kier alpha value is -1.63. The van der Waals surface area contributed by atoms with E-state index < -0.39 is 29.6 Å². The van der Waals surface area contributed by atoms with Crippen molar-refractivity contribution in [1.29, 1.82) is 0 Å². The van der Waals surface area contributed by atoms with Crippen molar-refractivity contribution >= 4 is 28.0 Å². The summed E-state index contributed by atoms with van der Waals surface area (Å²) < 4.78 is 10.8. The molecule has 0 bridgehead atoms. The largest absolute Gasteiger partial charge is 0.469 e. The van der Waals surface area contributed by atoms with E-state index in [9.17, 15) is 9.59 Å². The number of halogens is 1. The van der Waals surface area contributed by atoms with Gasteiger partial charge in [0.1, 0.15) is 5.60 Å². The molecule has 0 radical (unpaired) electrons. The number of esters is 1. The average Bonchev–Trinajstić information content (AvgIpc) is 2.41. The number of nitrogens with zero attached hydrogens (tertiary/aromatic N) is 1. The highest BCUT2D eigenvalue weighted by Crippen LogP contribution is 2.25. The molecular weight excluding hydrogens is 352 g/mol. The van der Waals surface area contributed by atoms with Gasteiger partial charge in [-0.15, -0.1) is 0 Å². The first-order valence-corrected chi connectivity index (χ1v) is 7.61. The van der Waals surface area contributed by atoms with E-state index in [-0.39, 0.29) is 0 Å². The van der Waals surface area contributed by atoms with Crippen LogP contribution >= 0.6 is 15.9 Å². The van der Waals surface area contributed by atoms with Gasteiger partial charge in [0.2, 0.25) is 0 Å². The maximum Gasteiger partial charge on any atom is 0.408 e. The van der Waals surface area contributed by atoms with E-state index >= 15 is 0 Å². The first kappa shape index (κ1) is 18.4. The Morgan fingerprint density at radius 2 is 1.95 bits per heavy atom. The lowest BCUT2D eigenvalue weighted by Gasteiger charge is -2.26. The molecule has 1 unspecified atom stereocenters. The minimum atomic E-state index is -0.626. The van der Waals surface area contributed by atoms with Crippen molar-refractivity contribution < 1.29 is 19.1 Å². The van der Waals surface area contributed by atoms with E-state index in [2.05, 4.69) is 26.2 Å². The van der Waals surface area contributed by atoms with Gasteiger partial charge in [-0.3, -0.25) is 9.78 Å². The highest BCUT2D eigenvalue weighted by atomic mass is 79.9. The Labute approximate surface area is 138 Å². The van der Waals surface area contributed by atoms with Crippen molar-refractivity contribution in [3.05, 3.63) is 28.5 Å². The minimum Gasteiger partial charge on any atom is -0.469 e. The van der Waals surface area contributed by atoms with E-state index in [0.717, 1.165) is 4.47 Å². The molecule has 0 spiro atoms. The van der Waals surface area contributed by atoms with Crippen molar-refractivity contribution in [2.45, 2.75) is 39.3 Å². The van der Waals surface area contributed by atoms with Crippen LogP contribution in [0.15, 0.2) is 22.9 Å². The Kier molecular flexibility index (Phi) is 6.34. The number of carbonyl (C=O) groups excluding carboxylic acids is 2. The number of methoxy groups -OCH3 is 1. The smallest absolute Gasteiger partial charge is 0.408 e. The van der Waals surface area contributed by atoms with Crippen molar-refractivity contribution in [3.63, 3.8) is 0 Å². The van der Waals surface area contributed by atoms with Gasteiger partial charge < -0.3 is 14.8 Å². The van der Waals surface area contributed by atoms with Crippen LogP contribution in [0.3, 0.4) is 0 Å². The van der Waals surface area contributed by atoms with E-state index in [0.29, 0.717) is 5.56 Å². The Morgan fingerprint density at radius 3 is 2.45 bits per heavy atom. The van der Waals surface area contributed by atoms with E-state index in [4.69, 9.17) is 9.47 Å². The van der Waals surface area contributed by atoms with Gasteiger partial charge in [0, 0.05) is 16.9 Å². The van der Waals surface area contributed by atoms with Crippen LogP contribution in [0, 0.1) is 5.92 Å². The zero-order valence-corrected chi connectivity index (χ0v) is 14.9. The van der Waals surface area contributed by atoms with Gasteiger partial charge in [-0.25, -0.2) is 4.79 Å². The van der Waals surface area contributed by atoms with Gasteiger partial charge >= 0.3 is 12.1 Å². The van der Waals surface area contributed by atoms with Gasteiger partial charge in [-0.05, 0) is 55.3 Å². The number of aromatic nitrogens is 1. The number of rotatable bonds is 4. The number of hydrogen-bond donors (Lipinski definition) is 1. The average molecular weight is 373 g/mol. The molecule has 0 aliphatic carbocycles. The van der Waals surface area contributed by atoms with Gasteiger partial charge in [0.15, 0.2) is 0 Å². The zero-order valence-electron chi connectivity index (χ0n) is 13.3. The summed E-state index contributed by atoms with van der Waals surface area (Å²) >= 11 is 3.33. The van der Waals surface area contributed by atoms with Gasteiger partial charge in [-0.1, -0.05) is 0 Å². The third kappa shape index (κ3) is 5.63. The number of alkyl carbamates (subject to hydrolysis) is 1. The van der Waals surface area contributed by atoms with Crippen LogP contribution in [0.5, 0.6) is 0 Å². The van der Waals surface area contributed by atoms with Gasteiger partial charge in [-0.2, -0.15) is 0 Å². The number of nitrogens with one attached hydrogen (secondary N) is 1. The van der Waals surface area contributed by atoms with Gasteiger partial charge in [0.25, 0.3) is 0 Å². The Bertz CT molecular complexity index is 543. The molecular formula is C15H21BrN2O4. The maximum atomic E-state index is 12.0. The molecule has 0 aliphatic rings. The third-order valence-electron chi connectivity index (χ3n) is 2.83. The predicted molar refractivity (Wildman–Crippen MR) is 85.2 cm³/mol. The fourth-order valence-corrected chi connectivity index (χ4v) is 2.23. The number of pyridine rings is 1. The molecule has 1 heterocycles. The monoisotopic (exact) mass is 372 g/mol. The molecule has 122 valence electrons. The summed E-state index contributed by atoms with van der Waals surface area (Å²) in [6.45, 7) is 6.98. The van der Waals surface area contributed by atoms with Crippen LogP contribution in [0.1, 0.15) is 39.3 Å². The molecule has 0 aliphatic heterocycles. The molecule has 1 N–H and O–H groups in total. The first-order chi connectivity index (χ1) is 10.1. The summed E-state index contributed by atoms with van der Waals surface area (Å²) in [7, 11) is 1.31. The zero-order chi connectivity index (χ0) is 16.9. The van der Waals surface area contributed by atoms with Crippen molar-refractivity contribution in [1.82, 2.24) is 10.3 Å². The topological polar surface area (TPSA) is 77.5 Å². The second kappa shape index (κ2) is 7.58. The van der Waals surface area contributed by atoms with Crippen LogP contribution in [-0.4, -0.2) is 29.8 Å². The predicted octanol–water partition coefficient (Wildman–Crippen LogP) is 3.22. The SMILES string of the molecule is COC(=O)[C@@H](C)C(NC(=O)OC(C)(C)C)c1cncc(Br)c1. The lowest BCUT2D eigenvalue weighted by atomic mass is 9.96. The number of carbonyl (C=O) groups is 2. The maximum absolute atomic E-state index is 12.0. The highest BCUT2D eigenvalue weighted by Gasteiger charge is 2.30. The fraction of sp³-hybridized carbons (Fsp3) is 0.533. The van der Waals surface area contributed by atoms with Crippen LogP contribution in [0.2, 0.25) is 0 Å². The quantitative estimate of drug-likeness (QED) is 0.820. The Morgan fingerprint density at radius 1 is 1.32 bits per heavy atom. The highest BCUT2D eigenvalue weighted by molar-refractivity contribution is 9.10. The lowest BCUT2D eigenvalue weighted by molar-refractivity contribution is -0.145. The molecule has 0 saturated heterocycles. The molecule has 0 saturated carbocycles. The second-order valence-electron chi connectivity index (χ2n) is 5.87. The summed E-state index contributed by atoms with van der Waals surface area (Å²) in [5.74, 6) is -1.02.